The maximum Gasteiger partial charge on any atom is 0.168 e. The van der Waals surface area contributed by atoms with E-state index in [4.69, 9.17) is 10.2 Å². The highest BCUT2D eigenvalue weighted by atomic mass is 15.3. The summed E-state index contributed by atoms with van der Waals surface area (Å²) in [6.45, 7) is 9.03. The van der Waals surface area contributed by atoms with Gasteiger partial charge in [0.05, 0.1) is 0 Å². The number of benzene rings is 3. The first-order valence-electron chi connectivity index (χ1n) is 11.9. The van der Waals surface area contributed by atoms with Crippen molar-refractivity contribution in [1.29, 1.82) is 0 Å². The molecule has 3 nitrogen and oxygen atoms in total. The Labute approximate surface area is 202 Å². The molecule has 170 valence electrons. The van der Waals surface area contributed by atoms with Gasteiger partial charge in [-0.1, -0.05) is 112 Å². The summed E-state index contributed by atoms with van der Waals surface area (Å²) in [5, 5.41) is 9.48. The lowest BCUT2D eigenvalue weighted by molar-refractivity contribution is 0.487. The van der Waals surface area contributed by atoms with Crippen LogP contribution in [0.5, 0.6) is 0 Å². The van der Waals surface area contributed by atoms with E-state index in [0.29, 0.717) is 0 Å². The number of aromatic nitrogens is 3. The first kappa shape index (κ1) is 22.1. The monoisotopic (exact) mass is 445 g/mol. The van der Waals surface area contributed by atoms with Gasteiger partial charge in [0, 0.05) is 16.7 Å². The molecule has 1 heterocycles. The quantitative estimate of drug-likeness (QED) is 0.321. The lowest BCUT2D eigenvalue weighted by atomic mass is 9.75. The van der Waals surface area contributed by atoms with E-state index >= 15 is 0 Å². The van der Waals surface area contributed by atoms with E-state index in [-0.39, 0.29) is 10.8 Å². The molecule has 0 N–H and O–H groups in total. The minimum Gasteiger partial charge on any atom is -0.278 e. The molecule has 1 unspecified atom stereocenters. The fourth-order valence-corrected chi connectivity index (χ4v) is 4.56. The van der Waals surface area contributed by atoms with E-state index in [0.717, 1.165) is 29.3 Å². The van der Waals surface area contributed by atoms with Crippen LogP contribution in [0.15, 0.2) is 109 Å². The van der Waals surface area contributed by atoms with Gasteiger partial charge in [-0.25, -0.2) is 0 Å². The van der Waals surface area contributed by atoms with Crippen LogP contribution in [0.2, 0.25) is 0 Å². The molecule has 0 radical (unpaired) electrons. The summed E-state index contributed by atoms with van der Waals surface area (Å²) in [6, 6.07) is 29.5. The topological polar surface area (TPSA) is 30.7 Å². The highest BCUT2D eigenvalue weighted by Gasteiger charge is 2.34. The lowest BCUT2D eigenvalue weighted by Gasteiger charge is -2.31. The molecule has 0 fully saturated rings. The van der Waals surface area contributed by atoms with Crippen molar-refractivity contribution < 1.29 is 0 Å². The third-order valence-corrected chi connectivity index (χ3v) is 6.68. The number of rotatable bonds is 4. The third-order valence-electron chi connectivity index (χ3n) is 6.68. The molecule has 1 aliphatic rings. The van der Waals surface area contributed by atoms with Crippen molar-refractivity contribution in [3.63, 3.8) is 0 Å². The Balaban J connectivity index is 1.58. The van der Waals surface area contributed by atoms with Gasteiger partial charge < -0.3 is 0 Å². The van der Waals surface area contributed by atoms with Gasteiger partial charge in [-0.2, -0.15) is 0 Å². The van der Waals surface area contributed by atoms with E-state index in [1.54, 1.807) is 0 Å². The van der Waals surface area contributed by atoms with Crippen molar-refractivity contribution >= 4 is 0 Å². The third kappa shape index (κ3) is 4.14. The first-order valence-corrected chi connectivity index (χ1v) is 11.9. The molecule has 1 aliphatic carbocycles. The molecule has 1 atom stereocenters. The van der Waals surface area contributed by atoms with Gasteiger partial charge in [-0.15, -0.1) is 10.2 Å². The van der Waals surface area contributed by atoms with Crippen LogP contribution in [0.1, 0.15) is 39.9 Å². The van der Waals surface area contributed by atoms with Crippen molar-refractivity contribution in [2.75, 3.05) is 0 Å². The summed E-state index contributed by atoms with van der Waals surface area (Å²) in [5.41, 5.74) is 5.79. The second-order valence-electron chi connectivity index (χ2n) is 10.3. The van der Waals surface area contributed by atoms with Crippen LogP contribution in [0.3, 0.4) is 0 Å². The molecular formula is C31H31N3. The normalized spacial score (nSPS) is 18.1. The largest absolute Gasteiger partial charge is 0.278 e. The van der Waals surface area contributed by atoms with Crippen molar-refractivity contribution in [2.24, 2.45) is 5.41 Å². The zero-order valence-corrected chi connectivity index (χ0v) is 20.4. The SMILES string of the molecule is CC(C)(C)C1=CCC(C)(c2nnc(-c3ccc(-c4ccccc4)cc3)n2-c2ccccc2)C=C1. The van der Waals surface area contributed by atoms with Crippen LogP contribution in [0, 0.1) is 5.41 Å². The van der Waals surface area contributed by atoms with Gasteiger partial charge in [-0.05, 0) is 47.6 Å². The average molecular weight is 446 g/mol. The fourth-order valence-electron chi connectivity index (χ4n) is 4.56. The second kappa shape index (κ2) is 8.57. The van der Waals surface area contributed by atoms with Crippen molar-refractivity contribution in [3.8, 4) is 28.2 Å². The van der Waals surface area contributed by atoms with Gasteiger partial charge in [-0.3, -0.25) is 4.57 Å². The van der Waals surface area contributed by atoms with E-state index in [1.165, 1.54) is 16.7 Å². The summed E-state index contributed by atoms with van der Waals surface area (Å²) >= 11 is 0. The zero-order valence-electron chi connectivity index (χ0n) is 20.4. The Morgan fingerprint density at radius 3 is 1.91 bits per heavy atom. The Morgan fingerprint density at radius 2 is 1.32 bits per heavy atom. The molecule has 0 saturated carbocycles. The lowest BCUT2D eigenvalue weighted by Crippen LogP contribution is -2.26. The Morgan fingerprint density at radius 1 is 0.735 bits per heavy atom. The molecule has 0 spiro atoms. The highest BCUT2D eigenvalue weighted by molar-refractivity contribution is 5.68. The molecule has 0 amide bonds. The van der Waals surface area contributed by atoms with Crippen LogP contribution < -0.4 is 0 Å². The van der Waals surface area contributed by atoms with Gasteiger partial charge >= 0.3 is 0 Å². The van der Waals surface area contributed by atoms with Gasteiger partial charge in [0.2, 0.25) is 0 Å². The molecule has 5 rings (SSSR count). The summed E-state index contributed by atoms with van der Waals surface area (Å²) in [7, 11) is 0. The summed E-state index contributed by atoms with van der Waals surface area (Å²) < 4.78 is 2.22. The maximum atomic E-state index is 4.76. The van der Waals surface area contributed by atoms with Gasteiger partial charge in [0.25, 0.3) is 0 Å². The fraction of sp³-hybridized carbons (Fsp3) is 0.226. The molecule has 4 aromatic rings. The van der Waals surface area contributed by atoms with Crippen LogP contribution in [-0.2, 0) is 5.41 Å². The summed E-state index contributed by atoms with van der Waals surface area (Å²) in [5.74, 6) is 1.82. The van der Waals surface area contributed by atoms with Crippen LogP contribution in [-0.4, -0.2) is 14.8 Å². The molecule has 0 saturated heterocycles. The number of hydrogen-bond acceptors (Lipinski definition) is 2. The van der Waals surface area contributed by atoms with Crippen molar-refractivity contribution in [1.82, 2.24) is 14.8 Å². The minimum atomic E-state index is -0.236. The molecule has 3 aromatic carbocycles. The van der Waals surface area contributed by atoms with E-state index in [1.807, 2.05) is 12.1 Å². The Bertz CT molecular complexity index is 1340. The average Bonchev–Trinajstić information content (AvgIpc) is 3.31. The predicted molar refractivity (Wildman–Crippen MR) is 141 cm³/mol. The van der Waals surface area contributed by atoms with Gasteiger partial charge in [0.1, 0.15) is 5.82 Å². The zero-order chi connectivity index (χ0) is 23.8. The smallest absolute Gasteiger partial charge is 0.168 e. The van der Waals surface area contributed by atoms with Crippen molar-refractivity contribution in [3.05, 3.63) is 115 Å². The van der Waals surface area contributed by atoms with Crippen LogP contribution in [0.4, 0.5) is 0 Å². The second-order valence-corrected chi connectivity index (χ2v) is 10.3. The number of allylic oxidation sites excluding steroid dienone is 4. The number of hydrogen-bond donors (Lipinski definition) is 0. The van der Waals surface area contributed by atoms with Crippen molar-refractivity contribution in [2.45, 2.75) is 39.5 Å². The standard InChI is InChI=1S/C31H31N3/c1-30(2,3)26-19-21-31(4,22-20-26)29-33-32-28(34(29)27-13-9-6-10-14-27)25-17-15-24(16-18-25)23-11-7-5-8-12-23/h5-21H,22H2,1-4H3. The number of para-hydroxylation sites is 1. The highest BCUT2D eigenvalue weighted by Crippen LogP contribution is 2.39. The maximum absolute atomic E-state index is 4.76. The molecule has 34 heavy (non-hydrogen) atoms. The van der Waals surface area contributed by atoms with E-state index in [9.17, 15) is 0 Å². The minimum absolute atomic E-state index is 0.136. The molecular weight excluding hydrogens is 414 g/mol. The first-order chi connectivity index (χ1) is 16.4. The molecule has 0 aliphatic heterocycles. The molecule has 1 aromatic heterocycles. The number of nitrogens with zero attached hydrogens (tertiary/aromatic N) is 3. The Kier molecular flexibility index (Phi) is 5.57. The van der Waals surface area contributed by atoms with Gasteiger partial charge in [0.15, 0.2) is 5.82 Å². The summed E-state index contributed by atoms with van der Waals surface area (Å²) in [4.78, 5) is 0. The van der Waals surface area contributed by atoms with Crippen LogP contribution in [0.25, 0.3) is 28.2 Å². The van der Waals surface area contributed by atoms with E-state index in [2.05, 4.69) is 123 Å². The Hall–Kier alpha value is -3.72. The predicted octanol–water partition coefficient (Wildman–Crippen LogP) is 7.79. The van der Waals surface area contributed by atoms with Crippen LogP contribution >= 0.6 is 0 Å². The molecule has 0 bridgehead atoms. The molecule has 3 heteroatoms. The summed E-state index contributed by atoms with van der Waals surface area (Å²) in [6.07, 6.45) is 7.83. The van der Waals surface area contributed by atoms with E-state index < -0.39 is 0 Å².